The molecule has 3 aromatic rings. The van der Waals surface area contributed by atoms with Crippen LogP contribution in [0.4, 0.5) is 4.39 Å². The van der Waals surface area contributed by atoms with Crippen molar-refractivity contribution in [2.75, 3.05) is 13.1 Å². The summed E-state index contributed by atoms with van der Waals surface area (Å²) in [5, 5.41) is 0.722. The fourth-order valence-corrected chi connectivity index (χ4v) is 4.60. The maximum Gasteiger partial charge on any atom is 0.262 e. The highest BCUT2D eigenvalue weighted by Gasteiger charge is 2.20. The molecule has 0 spiro atoms. The number of likely N-dealkylation sites (tertiary alicyclic amines) is 1. The largest absolute Gasteiger partial charge is 0.296 e. The van der Waals surface area contributed by atoms with E-state index in [0.717, 1.165) is 45.1 Å². The molecule has 1 aromatic carbocycles. The molecule has 136 valence electrons. The number of benzene rings is 1. The van der Waals surface area contributed by atoms with Crippen molar-refractivity contribution in [1.29, 1.82) is 0 Å². The van der Waals surface area contributed by atoms with Gasteiger partial charge in [-0.1, -0.05) is 12.1 Å². The minimum absolute atomic E-state index is 0.00960. The zero-order chi connectivity index (χ0) is 18.3. The van der Waals surface area contributed by atoms with Gasteiger partial charge < -0.3 is 0 Å². The van der Waals surface area contributed by atoms with Crippen molar-refractivity contribution in [3.05, 3.63) is 62.3 Å². The molecule has 1 aliphatic heterocycles. The number of nitrogens with zero attached hydrogens (tertiary/aromatic N) is 3. The Morgan fingerprint density at radius 3 is 2.50 bits per heavy atom. The van der Waals surface area contributed by atoms with Crippen molar-refractivity contribution in [1.82, 2.24) is 14.5 Å². The fraction of sp³-hybridized carbons (Fsp3) is 0.400. The molecule has 1 fully saturated rings. The van der Waals surface area contributed by atoms with Gasteiger partial charge in [0.2, 0.25) is 0 Å². The summed E-state index contributed by atoms with van der Waals surface area (Å²) in [5.41, 5.74) is 1.93. The molecule has 6 heteroatoms. The lowest BCUT2D eigenvalue weighted by molar-refractivity contribution is 0.315. The van der Waals surface area contributed by atoms with E-state index in [4.69, 9.17) is 4.98 Å². The summed E-state index contributed by atoms with van der Waals surface area (Å²) in [5.74, 6) is 0.534. The van der Waals surface area contributed by atoms with Crippen molar-refractivity contribution in [3.63, 3.8) is 0 Å². The Morgan fingerprint density at radius 2 is 1.81 bits per heavy atom. The number of rotatable bonds is 4. The Balaban J connectivity index is 1.83. The highest BCUT2D eigenvalue weighted by atomic mass is 32.1. The molecule has 1 saturated heterocycles. The molecule has 0 bridgehead atoms. The number of thiophene rings is 1. The van der Waals surface area contributed by atoms with Crippen molar-refractivity contribution >= 4 is 21.6 Å². The van der Waals surface area contributed by atoms with E-state index >= 15 is 0 Å². The molecule has 26 heavy (non-hydrogen) atoms. The van der Waals surface area contributed by atoms with Crippen LogP contribution in [0.15, 0.2) is 29.1 Å². The lowest BCUT2D eigenvalue weighted by Crippen LogP contribution is -2.30. The molecule has 4 nitrogen and oxygen atoms in total. The first-order chi connectivity index (χ1) is 12.5. The maximum atomic E-state index is 13.3. The summed E-state index contributed by atoms with van der Waals surface area (Å²) >= 11 is 1.59. The van der Waals surface area contributed by atoms with E-state index in [0.29, 0.717) is 13.1 Å². The molecule has 0 atom stereocenters. The van der Waals surface area contributed by atoms with E-state index in [1.54, 1.807) is 28.0 Å². The number of aryl methyl sites for hydroxylation is 2. The van der Waals surface area contributed by atoms with Gasteiger partial charge in [0, 0.05) is 4.88 Å². The van der Waals surface area contributed by atoms with E-state index in [1.165, 1.54) is 25.0 Å². The summed E-state index contributed by atoms with van der Waals surface area (Å²) in [7, 11) is 0. The number of aromatic nitrogens is 2. The van der Waals surface area contributed by atoms with Crippen molar-refractivity contribution in [2.45, 2.75) is 39.8 Å². The Kier molecular flexibility index (Phi) is 4.63. The Hall–Kier alpha value is -2.05. The standard InChI is InChI=1S/C20H22FN3OS/c1-13-14(2)26-19-18(13)20(25)24(11-15-5-7-16(21)8-6-15)17(22-19)12-23-9-3-4-10-23/h5-8H,3-4,9-12H2,1-2H3. The fourth-order valence-electron chi connectivity index (χ4n) is 3.57. The van der Waals surface area contributed by atoms with Crippen LogP contribution in [0, 0.1) is 19.7 Å². The van der Waals surface area contributed by atoms with Crippen LogP contribution in [-0.4, -0.2) is 27.5 Å². The van der Waals surface area contributed by atoms with Gasteiger partial charge in [-0.25, -0.2) is 9.37 Å². The summed E-state index contributed by atoms with van der Waals surface area (Å²) in [6.45, 7) is 7.22. The minimum atomic E-state index is -0.267. The SMILES string of the molecule is Cc1sc2nc(CN3CCCC3)n(Cc3ccc(F)cc3)c(=O)c2c1C. The van der Waals surface area contributed by atoms with Gasteiger partial charge in [-0.05, 0) is 63.0 Å². The van der Waals surface area contributed by atoms with Crippen molar-refractivity contribution in [3.8, 4) is 0 Å². The Labute approximate surface area is 155 Å². The number of hydrogen-bond donors (Lipinski definition) is 0. The van der Waals surface area contributed by atoms with E-state index in [-0.39, 0.29) is 11.4 Å². The van der Waals surface area contributed by atoms with Crippen LogP contribution in [0.2, 0.25) is 0 Å². The first-order valence-electron chi connectivity index (χ1n) is 8.99. The predicted octanol–water partition coefficient (Wildman–Crippen LogP) is 3.86. The second-order valence-electron chi connectivity index (χ2n) is 6.99. The lowest BCUT2D eigenvalue weighted by Gasteiger charge is -2.18. The first kappa shape index (κ1) is 17.4. The smallest absolute Gasteiger partial charge is 0.262 e. The Morgan fingerprint density at radius 1 is 1.12 bits per heavy atom. The van der Waals surface area contributed by atoms with Crippen LogP contribution < -0.4 is 5.56 Å². The van der Waals surface area contributed by atoms with Crippen molar-refractivity contribution < 1.29 is 4.39 Å². The molecular formula is C20H22FN3OS. The highest BCUT2D eigenvalue weighted by Crippen LogP contribution is 2.27. The molecule has 4 rings (SSSR count). The van der Waals surface area contributed by atoms with E-state index in [2.05, 4.69) is 4.90 Å². The first-order valence-corrected chi connectivity index (χ1v) is 9.81. The summed E-state index contributed by atoms with van der Waals surface area (Å²) in [6, 6.07) is 6.34. The summed E-state index contributed by atoms with van der Waals surface area (Å²) < 4.78 is 15.0. The highest BCUT2D eigenvalue weighted by molar-refractivity contribution is 7.18. The van der Waals surface area contributed by atoms with Gasteiger partial charge in [-0.15, -0.1) is 11.3 Å². The third-order valence-corrected chi connectivity index (χ3v) is 6.29. The zero-order valence-electron chi connectivity index (χ0n) is 15.1. The van der Waals surface area contributed by atoms with Crippen LogP contribution in [0.3, 0.4) is 0 Å². The summed E-state index contributed by atoms with van der Waals surface area (Å²) in [6.07, 6.45) is 2.39. The second-order valence-corrected chi connectivity index (χ2v) is 8.20. The van der Waals surface area contributed by atoms with Crippen LogP contribution in [0.5, 0.6) is 0 Å². The van der Waals surface area contributed by atoms with Gasteiger partial charge in [-0.3, -0.25) is 14.3 Å². The third kappa shape index (κ3) is 3.19. The second kappa shape index (κ2) is 6.93. The van der Waals surface area contributed by atoms with Crippen LogP contribution in [0.25, 0.3) is 10.2 Å². The van der Waals surface area contributed by atoms with Crippen LogP contribution >= 0.6 is 11.3 Å². The normalized spacial score (nSPS) is 15.2. The minimum Gasteiger partial charge on any atom is -0.296 e. The molecule has 3 heterocycles. The van der Waals surface area contributed by atoms with E-state index in [9.17, 15) is 9.18 Å². The molecule has 0 radical (unpaired) electrons. The maximum absolute atomic E-state index is 13.3. The molecule has 2 aromatic heterocycles. The molecule has 0 aliphatic carbocycles. The van der Waals surface area contributed by atoms with E-state index in [1.807, 2.05) is 13.8 Å². The summed E-state index contributed by atoms with van der Waals surface area (Å²) in [4.78, 5) is 22.4. The molecule has 0 unspecified atom stereocenters. The monoisotopic (exact) mass is 371 g/mol. The van der Waals surface area contributed by atoms with Gasteiger partial charge in [-0.2, -0.15) is 0 Å². The molecular weight excluding hydrogens is 349 g/mol. The van der Waals surface area contributed by atoms with Gasteiger partial charge in [0.25, 0.3) is 5.56 Å². The number of hydrogen-bond acceptors (Lipinski definition) is 4. The topological polar surface area (TPSA) is 38.1 Å². The van der Waals surface area contributed by atoms with Crippen LogP contribution in [0.1, 0.15) is 34.7 Å². The third-order valence-electron chi connectivity index (χ3n) is 5.19. The van der Waals surface area contributed by atoms with Crippen molar-refractivity contribution in [2.24, 2.45) is 0 Å². The molecule has 0 amide bonds. The average Bonchev–Trinajstić information content (AvgIpc) is 3.22. The molecule has 0 saturated carbocycles. The number of halogens is 1. The van der Waals surface area contributed by atoms with Gasteiger partial charge in [0.05, 0.1) is 18.5 Å². The van der Waals surface area contributed by atoms with Gasteiger partial charge >= 0.3 is 0 Å². The molecule has 0 N–H and O–H groups in total. The number of fused-ring (bicyclic) bond motifs is 1. The van der Waals surface area contributed by atoms with Crippen LogP contribution in [-0.2, 0) is 13.1 Å². The van der Waals surface area contributed by atoms with E-state index < -0.39 is 0 Å². The lowest BCUT2D eigenvalue weighted by atomic mass is 10.2. The van der Waals surface area contributed by atoms with Gasteiger partial charge in [0.1, 0.15) is 16.5 Å². The average molecular weight is 371 g/mol. The quantitative estimate of drug-likeness (QED) is 0.699. The predicted molar refractivity (Wildman–Crippen MR) is 103 cm³/mol. The molecule has 1 aliphatic rings. The zero-order valence-corrected chi connectivity index (χ0v) is 15.9. The van der Waals surface area contributed by atoms with Gasteiger partial charge in [0.15, 0.2) is 0 Å². The Bertz CT molecular complexity index is 1000.